The number of sulfonamides is 1. The molecule has 3 rings (SSSR count). The molecule has 0 radical (unpaired) electrons. The predicted octanol–water partition coefficient (Wildman–Crippen LogP) is 3.71. The fourth-order valence-corrected chi connectivity index (χ4v) is 3.42. The highest BCUT2D eigenvalue weighted by Crippen LogP contribution is 2.19. The molecule has 0 saturated carbocycles. The Morgan fingerprint density at radius 1 is 1.00 bits per heavy atom. The number of hydrogen-bond acceptors (Lipinski definition) is 5. The highest BCUT2D eigenvalue weighted by molar-refractivity contribution is 7.92. The quantitative estimate of drug-likeness (QED) is 0.673. The maximum atomic E-state index is 12.2. The SMILES string of the molecule is Cc1cc(Nc2ccc(NS(=O)(=O)CCc3ccccc3)cc2)no1. The van der Waals surface area contributed by atoms with Gasteiger partial charge in [0.1, 0.15) is 5.76 Å². The number of hydrogen-bond donors (Lipinski definition) is 2. The molecule has 0 aliphatic carbocycles. The Labute approximate surface area is 146 Å². The van der Waals surface area contributed by atoms with Crippen molar-refractivity contribution < 1.29 is 12.9 Å². The van der Waals surface area contributed by atoms with Crippen LogP contribution in [0.5, 0.6) is 0 Å². The maximum Gasteiger partial charge on any atom is 0.233 e. The van der Waals surface area contributed by atoms with Crippen molar-refractivity contribution in [1.82, 2.24) is 5.16 Å². The topological polar surface area (TPSA) is 84.2 Å². The molecule has 2 N–H and O–H groups in total. The summed E-state index contributed by atoms with van der Waals surface area (Å²) in [5.41, 5.74) is 2.31. The summed E-state index contributed by atoms with van der Waals surface area (Å²) in [6, 6.07) is 18.3. The first kappa shape index (κ1) is 17.0. The average molecular weight is 357 g/mol. The number of benzene rings is 2. The van der Waals surface area contributed by atoms with Gasteiger partial charge in [-0.05, 0) is 43.2 Å². The van der Waals surface area contributed by atoms with Crippen LogP contribution >= 0.6 is 0 Å². The number of anilines is 3. The molecule has 0 aliphatic rings. The lowest BCUT2D eigenvalue weighted by molar-refractivity contribution is 0.400. The average Bonchev–Trinajstić information content (AvgIpc) is 3.01. The summed E-state index contributed by atoms with van der Waals surface area (Å²) in [6.07, 6.45) is 0.474. The Hall–Kier alpha value is -2.80. The van der Waals surface area contributed by atoms with Gasteiger partial charge < -0.3 is 9.84 Å². The van der Waals surface area contributed by atoms with Gasteiger partial charge in [0.05, 0.1) is 5.75 Å². The molecule has 0 bridgehead atoms. The van der Waals surface area contributed by atoms with Crippen LogP contribution in [0.4, 0.5) is 17.2 Å². The van der Waals surface area contributed by atoms with Crippen molar-refractivity contribution in [2.45, 2.75) is 13.3 Å². The molecule has 3 aromatic rings. The largest absolute Gasteiger partial charge is 0.360 e. The van der Waals surface area contributed by atoms with Crippen molar-refractivity contribution in [3.63, 3.8) is 0 Å². The van der Waals surface area contributed by atoms with Gasteiger partial charge in [-0.15, -0.1) is 0 Å². The predicted molar refractivity (Wildman–Crippen MR) is 98.5 cm³/mol. The van der Waals surface area contributed by atoms with E-state index in [0.717, 1.165) is 11.3 Å². The van der Waals surface area contributed by atoms with Gasteiger partial charge in [0.25, 0.3) is 0 Å². The second kappa shape index (κ2) is 7.40. The molecule has 1 aromatic heterocycles. The summed E-state index contributed by atoms with van der Waals surface area (Å²) in [7, 11) is -3.40. The third-order valence-corrected chi connectivity index (χ3v) is 4.85. The monoisotopic (exact) mass is 357 g/mol. The number of nitrogens with zero attached hydrogens (tertiary/aromatic N) is 1. The van der Waals surface area contributed by atoms with Crippen molar-refractivity contribution in [3.8, 4) is 0 Å². The fourth-order valence-electron chi connectivity index (χ4n) is 2.32. The third kappa shape index (κ3) is 5.09. The van der Waals surface area contributed by atoms with E-state index < -0.39 is 10.0 Å². The molecule has 2 aromatic carbocycles. The molecule has 0 atom stereocenters. The Bertz CT molecular complexity index is 920. The maximum absolute atomic E-state index is 12.2. The van der Waals surface area contributed by atoms with E-state index in [4.69, 9.17) is 4.52 Å². The zero-order valence-electron chi connectivity index (χ0n) is 13.8. The van der Waals surface area contributed by atoms with Gasteiger partial charge in [0, 0.05) is 17.4 Å². The van der Waals surface area contributed by atoms with Crippen LogP contribution < -0.4 is 10.0 Å². The molecule has 0 aliphatic heterocycles. The van der Waals surface area contributed by atoms with Crippen LogP contribution in [0, 0.1) is 6.92 Å². The molecule has 1 heterocycles. The van der Waals surface area contributed by atoms with Crippen molar-refractivity contribution >= 4 is 27.2 Å². The first-order valence-electron chi connectivity index (χ1n) is 7.85. The van der Waals surface area contributed by atoms with Crippen molar-refractivity contribution in [2.75, 3.05) is 15.8 Å². The van der Waals surface area contributed by atoms with E-state index in [1.807, 2.05) is 37.3 Å². The molecule has 0 spiro atoms. The van der Waals surface area contributed by atoms with Crippen molar-refractivity contribution in [3.05, 3.63) is 72.0 Å². The van der Waals surface area contributed by atoms with Crippen LogP contribution in [-0.2, 0) is 16.4 Å². The van der Waals surface area contributed by atoms with Gasteiger partial charge in [0.2, 0.25) is 10.0 Å². The minimum atomic E-state index is -3.40. The molecule has 6 nitrogen and oxygen atoms in total. The second-order valence-electron chi connectivity index (χ2n) is 5.68. The summed E-state index contributed by atoms with van der Waals surface area (Å²) in [4.78, 5) is 0. The standard InChI is InChI=1S/C18H19N3O3S/c1-14-13-18(20-24-14)19-16-7-9-17(10-8-16)21-25(22,23)12-11-15-5-3-2-4-6-15/h2-10,13,21H,11-12H2,1H3,(H,19,20). The van der Waals surface area contributed by atoms with Gasteiger partial charge in [-0.1, -0.05) is 35.5 Å². The summed E-state index contributed by atoms with van der Waals surface area (Å²) in [5, 5.41) is 6.93. The second-order valence-corrected chi connectivity index (χ2v) is 7.52. The van der Waals surface area contributed by atoms with Gasteiger partial charge in [-0.3, -0.25) is 4.72 Å². The van der Waals surface area contributed by atoms with Crippen LogP contribution in [0.15, 0.2) is 65.2 Å². The molecule has 0 saturated heterocycles. The fraction of sp³-hybridized carbons (Fsp3) is 0.167. The van der Waals surface area contributed by atoms with Crippen molar-refractivity contribution in [1.29, 1.82) is 0 Å². The Kier molecular flexibility index (Phi) is 5.04. The van der Waals surface area contributed by atoms with Crippen LogP contribution in [0.2, 0.25) is 0 Å². The van der Waals surface area contributed by atoms with Crippen molar-refractivity contribution in [2.24, 2.45) is 0 Å². The lowest BCUT2D eigenvalue weighted by atomic mass is 10.2. The first-order valence-corrected chi connectivity index (χ1v) is 9.50. The molecular formula is C18H19N3O3S. The number of nitrogens with one attached hydrogen (secondary N) is 2. The minimum Gasteiger partial charge on any atom is -0.360 e. The Balaban J connectivity index is 1.58. The Morgan fingerprint density at radius 2 is 1.68 bits per heavy atom. The number of rotatable bonds is 7. The lowest BCUT2D eigenvalue weighted by Crippen LogP contribution is -2.18. The number of aryl methyl sites for hydroxylation is 2. The van der Waals surface area contributed by atoms with E-state index in [0.29, 0.717) is 23.7 Å². The molecule has 130 valence electrons. The zero-order chi connectivity index (χ0) is 17.7. The number of aromatic nitrogens is 1. The van der Waals surface area contributed by atoms with Crippen LogP contribution in [0.3, 0.4) is 0 Å². The van der Waals surface area contributed by atoms with Gasteiger partial charge in [-0.2, -0.15) is 0 Å². The summed E-state index contributed by atoms with van der Waals surface area (Å²) >= 11 is 0. The highest BCUT2D eigenvalue weighted by atomic mass is 32.2. The van der Waals surface area contributed by atoms with Gasteiger partial charge in [0.15, 0.2) is 5.82 Å². The van der Waals surface area contributed by atoms with Crippen LogP contribution in [-0.4, -0.2) is 19.3 Å². The van der Waals surface area contributed by atoms with E-state index in [1.54, 1.807) is 30.3 Å². The summed E-state index contributed by atoms with van der Waals surface area (Å²) < 4.78 is 32.0. The normalized spacial score (nSPS) is 11.2. The molecule has 25 heavy (non-hydrogen) atoms. The third-order valence-electron chi connectivity index (χ3n) is 3.56. The smallest absolute Gasteiger partial charge is 0.233 e. The van der Waals surface area contributed by atoms with Crippen LogP contribution in [0.1, 0.15) is 11.3 Å². The molecule has 7 heteroatoms. The van der Waals surface area contributed by atoms with Gasteiger partial charge >= 0.3 is 0 Å². The van der Waals surface area contributed by atoms with Gasteiger partial charge in [-0.25, -0.2) is 8.42 Å². The summed E-state index contributed by atoms with van der Waals surface area (Å²) in [5.74, 6) is 1.36. The molecule has 0 unspecified atom stereocenters. The summed E-state index contributed by atoms with van der Waals surface area (Å²) in [6.45, 7) is 1.81. The first-order chi connectivity index (χ1) is 12.0. The highest BCUT2D eigenvalue weighted by Gasteiger charge is 2.11. The van der Waals surface area contributed by atoms with E-state index >= 15 is 0 Å². The van der Waals surface area contributed by atoms with E-state index in [1.165, 1.54) is 0 Å². The zero-order valence-corrected chi connectivity index (χ0v) is 14.6. The molecule has 0 fully saturated rings. The van der Waals surface area contributed by atoms with Crippen LogP contribution in [0.25, 0.3) is 0 Å². The Morgan fingerprint density at radius 3 is 2.32 bits per heavy atom. The minimum absolute atomic E-state index is 0.0369. The van der Waals surface area contributed by atoms with E-state index in [-0.39, 0.29) is 5.75 Å². The van der Waals surface area contributed by atoms with E-state index in [2.05, 4.69) is 15.2 Å². The molecular weight excluding hydrogens is 338 g/mol. The molecule has 0 amide bonds. The lowest BCUT2D eigenvalue weighted by Gasteiger charge is -2.09. The van der Waals surface area contributed by atoms with E-state index in [9.17, 15) is 8.42 Å².